The van der Waals surface area contributed by atoms with E-state index in [1.54, 1.807) is 18.7 Å². The number of nitrogens with zero attached hydrogens (tertiary/aromatic N) is 4. The predicted octanol–water partition coefficient (Wildman–Crippen LogP) is 0.542. The molecule has 3 heterocycles. The van der Waals surface area contributed by atoms with Gasteiger partial charge in [-0.25, -0.2) is 9.78 Å². The van der Waals surface area contributed by atoms with Crippen molar-refractivity contribution in [1.82, 2.24) is 24.0 Å². The van der Waals surface area contributed by atoms with E-state index in [1.807, 2.05) is 0 Å². The van der Waals surface area contributed by atoms with Crippen LogP contribution in [0.4, 0.5) is 0 Å². The molecule has 0 bridgehead atoms. The number of rotatable bonds is 3. The first kappa shape index (κ1) is 16.9. The number of likely N-dealkylation sites (tertiary alicyclic amines) is 1. The summed E-state index contributed by atoms with van der Waals surface area (Å²) in [6, 6.07) is 0. The Labute approximate surface area is 144 Å². The Bertz CT molecular complexity index is 909. The molecule has 0 amide bonds. The zero-order chi connectivity index (χ0) is 17.1. The second kappa shape index (κ2) is 7.28. The van der Waals surface area contributed by atoms with Gasteiger partial charge in [-0.3, -0.25) is 19.2 Å². The molecule has 0 spiro atoms. The van der Waals surface area contributed by atoms with Crippen LogP contribution < -0.4 is 11.2 Å². The maximum atomic E-state index is 12.0. The summed E-state index contributed by atoms with van der Waals surface area (Å²) in [5.41, 5.74) is -0.0643. The van der Waals surface area contributed by atoms with E-state index >= 15 is 0 Å². The third-order valence-corrected chi connectivity index (χ3v) is 5.16. The zero-order valence-corrected chi connectivity index (χ0v) is 14.8. The molecule has 8 heteroatoms. The van der Waals surface area contributed by atoms with E-state index < -0.39 is 11.2 Å². The van der Waals surface area contributed by atoms with Crippen molar-refractivity contribution in [2.45, 2.75) is 24.4 Å². The van der Waals surface area contributed by atoms with Crippen LogP contribution in [-0.4, -0.2) is 49.4 Å². The fourth-order valence-corrected chi connectivity index (χ4v) is 3.59. The molecular formula is C16H21N5O2S. The van der Waals surface area contributed by atoms with Crippen molar-refractivity contribution in [2.75, 3.05) is 25.4 Å². The summed E-state index contributed by atoms with van der Waals surface area (Å²) in [5, 5.41) is 0.684. The van der Waals surface area contributed by atoms with Gasteiger partial charge in [0.05, 0.1) is 12.3 Å². The average molecular weight is 347 g/mol. The first-order valence-corrected chi connectivity index (χ1v) is 9.03. The number of fused-ring (bicyclic) bond motifs is 1. The molecule has 1 fully saturated rings. The molecule has 0 aliphatic carbocycles. The lowest BCUT2D eigenvalue weighted by molar-refractivity contribution is 0.255. The van der Waals surface area contributed by atoms with Gasteiger partial charge in [-0.15, -0.1) is 0 Å². The van der Waals surface area contributed by atoms with Crippen LogP contribution >= 0.6 is 11.8 Å². The molecule has 0 aromatic carbocycles. The van der Waals surface area contributed by atoms with Gasteiger partial charge in [-0.05, 0) is 25.9 Å². The Morgan fingerprint density at radius 1 is 1.12 bits per heavy atom. The molecule has 1 aliphatic heterocycles. The van der Waals surface area contributed by atoms with Gasteiger partial charge in [0.15, 0.2) is 16.3 Å². The molecule has 1 saturated heterocycles. The molecule has 24 heavy (non-hydrogen) atoms. The maximum absolute atomic E-state index is 12.0. The number of aromatic amines is 1. The fourth-order valence-electron chi connectivity index (χ4n) is 2.85. The van der Waals surface area contributed by atoms with Gasteiger partial charge in [0.25, 0.3) is 5.56 Å². The number of hydrogen-bond donors (Lipinski definition) is 1. The summed E-state index contributed by atoms with van der Waals surface area (Å²) in [7, 11) is 3.37. The van der Waals surface area contributed by atoms with E-state index in [4.69, 9.17) is 0 Å². The van der Waals surface area contributed by atoms with Gasteiger partial charge in [-0.2, -0.15) is 0 Å². The van der Waals surface area contributed by atoms with Crippen molar-refractivity contribution in [3.8, 4) is 11.8 Å². The Hall–Kier alpha value is -1.98. The van der Waals surface area contributed by atoms with E-state index in [9.17, 15) is 9.59 Å². The normalized spacial score (nSPS) is 15.4. The molecule has 128 valence electrons. The van der Waals surface area contributed by atoms with Crippen LogP contribution in [0.5, 0.6) is 0 Å². The highest BCUT2D eigenvalue weighted by molar-refractivity contribution is 7.99. The Kier molecular flexibility index (Phi) is 5.11. The number of aromatic nitrogens is 4. The first-order valence-electron chi connectivity index (χ1n) is 8.04. The van der Waals surface area contributed by atoms with Crippen molar-refractivity contribution < 1.29 is 0 Å². The second-order valence-electron chi connectivity index (χ2n) is 5.92. The van der Waals surface area contributed by atoms with Crippen molar-refractivity contribution in [3.05, 3.63) is 20.8 Å². The monoisotopic (exact) mass is 347 g/mol. The number of piperidine rings is 1. The summed E-state index contributed by atoms with van der Waals surface area (Å²) in [6.45, 7) is 3.10. The number of H-pyrrole nitrogens is 1. The van der Waals surface area contributed by atoms with Crippen LogP contribution in [-0.2, 0) is 14.1 Å². The van der Waals surface area contributed by atoms with Crippen LogP contribution in [0, 0.1) is 11.8 Å². The molecule has 7 nitrogen and oxygen atoms in total. The third kappa shape index (κ3) is 3.42. The van der Waals surface area contributed by atoms with Crippen molar-refractivity contribution in [2.24, 2.45) is 14.1 Å². The molecule has 0 unspecified atom stereocenters. The molecular weight excluding hydrogens is 326 g/mol. The van der Waals surface area contributed by atoms with E-state index in [2.05, 4.69) is 26.7 Å². The van der Waals surface area contributed by atoms with Crippen LogP contribution in [0.3, 0.4) is 0 Å². The highest BCUT2D eigenvalue weighted by atomic mass is 32.2. The van der Waals surface area contributed by atoms with E-state index in [0.29, 0.717) is 22.1 Å². The van der Waals surface area contributed by atoms with Crippen LogP contribution in [0.15, 0.2) is 14.7 Å². The quantitative estimate of drug-likeness (QED) is 0.648. The molecule has 0 atom stereocenters. The number of aryl methyl sites for hydroxylation is 2. The topological polar surface area (TPSA) is 75.9 Å². The van der Waals surface area contributed by atoms with Crippen LogP contribution in [0.25, 0.3) is 11.2 Å². The minimum atomic E-state index is -0.455. The Balaban J connectivity index is 1.69. The lowest BCUT2D eigenvalue weighted by Crippen LogP contribution is -2.29. The van der Waals surface area contributed by atoms with Crippen molar-refractivity contribution in [1.29, 1.82) is 0 Å². The summed E-state index contributed by atoms with van der Waals surface area (Å²) in [6.07, 6.45) is 3.86. The number of thioether (sulfide) groups is 1. The molecule has 2 aromatic heterocycles. The van der Waals surface area contributed by atoms with Gasteiger partial charge < -0.3 is 4.57 Å². The van der Waals surface area contributed by atoms with Crippen molar-refractivity contribution in [3.63, 3.8) is 0 Å². The van der Waals surface area contributed by atoms with E-state index in [1.165, 1.54) is 35.6 Å². The molecule has 2 aromatic rings. The lowest BCUT2D eigenvalue weighted by Gasteiger charge is -2.23. The van der Waals surface area contributed by atoms with Gasteiger partial charge in [-0.1, -0.05) is 30.0 Å². The highest BCUT2D eigenvalue weighted by Gasteiger charge is 2.14. The van der Waals surface area contributed by atoms with Gasteiger partial charge in [0.2, 0.25) is 0 Å². The summed E-state index contributed by atoms with van der Waals surface area (Å²) in [4.78, 5) is 32.7. The van der Waals surface area contributed by atoms with Crippen LogP contribution in [0.1, 0.15) is 19.3 Å². The second-order valence-corrected chi connectivity index (χ2v) is 6.87. The van der Waals surface area contributed by atoms with Gasteiger partial charge in [0.1, 0.15) is 0 Å². The standard InChI is InChI=1S/C16H21N5O2S/c1-19-12-13(20(2)15(23)18-14(12)22)17-16(19)24-11-7-6-10-21-8-4-3-5-9-21/h3-5,8-11H2,1-2H3,(H,18,22,23). The third-order valence-electron chi connectivity index (χ3n) is 4.24. The molecule has 0 radical (unpaired) electrons. The maximum Gasteiger partial charge on any atom is 0.329 e. The minimum absolute atomic E-state index is 0.398. The van der Waals surface area contributed by atoms with E-state index in [0.717, 1.165) is 19.6 Å². The summed E-state index contributed by atoms with van der Waals surface area (Å²) in [5.74, 6) is 6.97. The minimum Gasteiger partial charge on any atom is -0.316 e. The number of hydrogen-bond acceptors (Lipinski definition) is 5. The SMILES string of the molecule is Cn1c(SCC#CCN2CCCCC2)nc2c1c(=O)[nH]c(=O)n2C. The Morgan fingerprint density at radius 3 is 2.62 bits per heavy atom. The van der Waals surface area contributed by atoms with Crippen LogP contribution in [0.2, 0.25) is 0 Å². The predicted molar refractivity (Wildman–Crippen MR) is 95.4 cm³/mol. The van der Waals surface area contributed by atoms with E-state index in [-0.39, 0.29) is 0 Å². The smallest absolute Gasteiger partial charge is 0.316 e. The summed E-state index contributed by atoms with van der Waals surface area (Å²) < 4.78 is 3.06. The van der Waals surface area contributed by atoms with Crippen molar-refractivity contribution >= 4 is 22.9 Å². The highest BCUT2D eigenvalue weighted by Crippen LogP contribution is 2.19. The van der Waals surface area contributed by atoms with Gasteiger partial charge >= 0.3 is 5.69 Å². The fraction of sp³-hybridized carbons (Fsp3) is 0.562. The first-order chi connectivity index (χ1) is 11.6. The molecule has 0 saturated carbocycles. The zero-order valence-electron chi connectivity index (χ0n) is 14.0. The molecule has 1 aliphatic rings. The molecule has 3 rings (SSSR count). The largest absolute Gasteiger partial charge is 0.329 e. The lowest BCUT2D eigenvalue weighted by atomic mass is 10.1. The summed E-state index contributed by atoms with van der Waals surface area (Å²) >= 11 is 1.47. The Morgan fingerprint density at radius 2 is 1.88 bits per heavy atom. The average Bonchev–Trinajstić information content (AvgIpc) is 2.91. The number of imidazole rings is 1. The van der Waals surface area contributed by atoms with Gasteiger partial charge in [0, 0.05) is 14.1 Å². The molecule has 1 N–H and O–H groups in total. The number of nitrogens with one attached hydrogen (secondary N) is 1.